The number of rotatable bonds is 8. The third kappa shape index (κ3) is 4.35. The van der Waals surface area contributed by atoms with Gasteiger partial charge in [0.2, 0.25) is 5.91 Å². The molecule has 5 aromatic rings. The summed E-state index contributed by atoms with van der Waals surface area (Å²) in [6, 6.07) is 19.3. The Morgan fingerprint density at radius 1 is 1.15 bits per heavy atom. The summed E-state index contributed by atoms with van der Waals surface area (Å²) in [4.78, 5) is 15.7. The fourth-order valence-corrected chi connectivity index (χ4v) is 4.34. The van der Waals surface area contributed by atoms with Crippen molar-refractivity contribution in [3.05, 3.63) is 78.9 Å². The zero-order valence-electron chi connectivity index (χ0n) is 17.8. The number of aromatic amines is 1. The van der Waals surface area contributed by atoms with E-state index in [0.717, 1.165) is 27.9 Å². The fraction of sp³-hybridized carbons (Fsp3) is 0.125. The molecule has 0 radical (unpaired) electrons. The number of carbonyl (C=O) groups excluding carboxylic acids is 1. The molecule has 1 amide bonds. The predicted molar refractivity (Wildman–Crippen MR) is 126 cm³/mol. The van der Waals surface area contributed by atoms with Crippen molar-refractivity contribution in [2.75, 3.05) is 12.9 Å². The van der Waals surface area contributed by atoms with Gasteiger partial charge in [0.25, 0.3) is 0 Å². The van der Waals surface area contributed by atoms with Crippen molar-refractivity contribution < 1.29 is 13.9 Å². The predicted octanol–water partition coefficient (Wildman–Crippen LogP) is 4.43. The Bertz CT molecular complexity index is 1390. The molecular formula is C24H21N5O3S. The summed E-state index contributed by atoms with van der Waals surface area (Å²) in [6.45, 7) is 0.343. The number of hydrogen-bond acceptors (Lipinski definition) is 6. The lowest BCUT2D eigenvalue weighted by atomic mass is 10.1. The van der Waals surface area contributed by atoms with Gasteiger partial charge < -0.3 is 19.5 Å². The second-order valence-electron chi connectivity index (χ2n) is 7.24. The molecule has 33 heavy (non-hydrogen) atoms. The molecule has 0 saturated carbocycles. The topological polar surface area (TPSA) is 98.0 Å². The van der Waals surface area contributed by atoms with Crippen molar-refractivity contribution in [2.24, 2.45) is 0 Å². The molecule has 9 heteroatoms. The number of ether oxygens (including phenoxy) is 1. The van der Waals surface area contributed by atoms with Crippen LogP contribution in [-0.4, -0.2) is 38.5 Å². The van der Waals surface area contributed by atoms with E-state index in [4.69, 9.17) is 9.15 Å². The van der Waals surface area contributed by atoms with Crippen LogP contribution in [0, 0.1) is 0 Å². The maximum absolute atomic E-state index is 12.4. The Balaban J connectivity index is 1.47. The van der Waals surface area contributed by atoms with Crippen LogP contribution in [0.5, 0.6) is 5.75 Å². The van der Waals surface area contributed by atoms with Crippen molar-refractivity contribution in [1.82, 2.24) is 25.1 Å². The number of thioether (sulfide) groups is 1. The van der Waals surface area contributed by atoms with E-state index in [1.54, 1.807) is 19.4 Å². The molecule has 0 aliphatic rings. The highest BCUT2D eigenvalue weighted by atomic mass is 32.2. The number of nitrogens with one attached hydrogen (secondary N) is 2. The van der Waals surface area contributed by atoms with Gasteiger partial charge in [-0.2, -0.15) is 0 Å². The molecule has 0 saturated heterocycles. The maximum atomic E-state index is 12.4. The van der Waals surface area contributed by atoms with Crippen LogP contribution in [-0.2, 0) is 11.3 Å². The Hall–Kier alpha value is -3.98. The van der Waals surface area contributed by atoms with Crippen molar-refractivity contribution >= 4 is 28.6 Å². The van der Waals surface area contributed by atoms with Gasteiger partial charge in [-0.1, -0.05) is 36.0 Å². The lowest BCUT2D eigenvalue weighted by Gasteiger charge is -2.11. The molecule has 0 aliphatic heterocycles. The second-order valence-corrected chi connectivity index (χ2v) is 8.18. The molecule has 2 aromatic carbocycles. The van der Waals surface area contributed by atoms with Crippen molar-refractivity contribution in [3.8, 4) is 22.8 Å². The number of methoxy groups -OCH3 is 1. The number of fused-ring (bicyclic) bond motifs is 1. The third-order valence-corrected chi connectivity index (χ3v) is 6.08. The van der Waals surface area contributed by atoms with Gasteiger partial charge in [-0.25, -0.2) is 0 Å². The van der Waals surface area contributed by atoms with E-state index in [1.807, 2.05) is 65.4 Å². The van der Waals surface area contributed by atoms with Gasteiger partial charge in [-0.15, -0.1) is 10.2 Å². The second kappa shape index (κ2) is 9.25. The van der Waals surface area contributed by atoms with E-state index >= 15 is 0 Å². The van der Waals surface area contributed by atoms with Crippen LogP contribution in [0.25, 0.3) is 28.0 Å². The monoisotopic (exact) mass is 459 g/mol. The highest BCUT2D eigenvalue weighted by Crippen LogP contribution is 2.33. The van der Waals surface area contributed by atoms with Gasteiger partial charge in [0.05, 0.1) is 31.4 Å². The average Bonchev–Trinajstić information content (AvgIpc) is 3.61. The lowest BCUT2D eigenvalue weighted by molar-refractivity contribution is -0.118. The fourth-order valence-electron chi connectivity index (χ4n) is 3.56. The molecule has 8 nitrogen and oxygen atoms in total. The largest absolute Gasteiger partial charge is 0.497 e. The maximum Gasteiger partial charge on any atom is 0.230 e. The van der Waals surface area contributed by atoms with E-state index in [0.29, 0.717) is 23.3 Å². The lowest BCUT2D eigenvalue weighted by Crippen LogP contribution is -2.24. The smallest absolute Gasteiger partial charge is 0.230 e. The molecule has 0 unspecified atom stereocenters. The molecular weight excluding hydrogens is 438 g/mol. The average molecular weight is 460 g/mol. The number of carbonyl (C=O) groups is 1. The number of amides is 1. The summed E-state index contributed by atoms with van der Waals surface area (Å²) < 4.78 is 12.6. The molecule has 5 rings (SSSR count). The zero-order valence-corrected chi connectivity index (χ0v) is 18.6. The molecule has 2 N–H and O–H groups in total. The van der Waals surface area contributed by atoms with Crippen molar-refractivity contribution in [2.45, 2.75) is 11.7 Å². The molecule has 166 valence electrons. The Labute approximate surface area is 194 Å². The number of nitrogens with zero attached hydrogens (tertiary/aromatic N) is 3. The van der Waals surface area contributed by atoms with Gasteiger partial charge in [-0.05, 0) is 30.3 Å². The first-order valence-electron chi connectivity index (χ1n) is 10.3. The SMILES string of the molecule is COc1cccc(-n2c(SCC(=O)NCc3ccco3)nnc2-c2c[nH]c3ccccc23)c1. The number of furan rings is 1. The van der Waals surface area contributed by atoms with Crippen molar-refractivity contribution in [1.29, 1.82) is 0 Å². The van der Waals surface area contributed by atoms with Crippen LogP contribution in [0.3, 0.4) is 0 Å². The minimum Gasteiger partial charge on any atom is -0.497 e. The summed E-state index contributed by atoms with van der Waals surface area (Å²) in [5.41, 5.74) is 2.78. The first kappa shape index (κ1) is 20.9. The van der Waals surface area contributed by atoms with Crippen LogP contribution < -0.4 is 10.1 Å². The highest BCUT2D eigenvalue weighted by Gasteiger charge is 2.20. The first-order valence-corrected chi connectivity index (χ1v) is 11.3. The number of benzene rings is 2. The minimum atomic E-state index is -0.120. The standard InChI is InChI=1S/C24H21N5O3S/c1-31-17-7-4-6-16(12-17)29-23(20-14-25-21-10-3-2-9-19(20)21)27-28-24(29)33-15-22(30)26-13-18-8-5-11-32-18/h2-12,14,25H,13,15H2,1H3,(H,26,30). The number of hydrogen-bond donors (Lipinski definition) is 2. The number of aromatic nitrogens is 4. The van der Waals surface area contributed by atoms with Gasteiger partial charge >= 0.3 is 0 Å². The van der Waals surface area contributed by atoms with Gasteiger partial charge in [0.1, 0.15) is 11.5 Å². The molecule has 3 aromatic heterocycles. The summed E-state index contributed by atoms with van der Waals surface area (Å²) in [6.07, 6.45) is 3.51. The number of para-hydroxylation sites is 1. The Kier molecular flexibility index (Phi) is 5.86. The minimum absolute atomic E-state index is 0.120. The van der Waals surface area contributed by atoms with Crippen LogP contribution in [0.15, 0.2) is 82.7 Å². The summed E-state index contributed by atoms with van der Waals surface area (Å²) >= 11 is 1.32. The highest BCUT2D eigenvalue weighted by molar-refractivity contribution is 7.99. The first-order chi connectivity index (χ1) is 16.2. The summed E-state index contributed by atoms with van der Waals surface area (Å²) in [7, 11) is 1.63. The third-order valence-electron chi connectivity index (χ3n) is 5.15. The van der Waals surface area contributed by atoms with Gasteiger partial charge in [0, 0.05) is 28.7 Å². The Morgan fingerprint density at radius 3 is 2.91 bits per heavy atom. The van der Waals surface area contributed by atoms with Crippen LogP contribution >= 0.6 is 11.8 Å². The van der Waals surface area contributed by atoms with Crippen LogP contribution in [0.2, 0.25) is 0 Å². The van der Waals surface area contributed by atoms with Crippen LogP contribution in [0.1, 0.15) is 5.76 Å². The van der Waals surface area contributed by atoms with E-state index in [2.05, 4.69) is 20.5 Å². The quantitative estimate of drug-likeness (QED) is 0.333. The van der Waals surface area contributed by atoms with E-state index in [1.165, 1.54) is 11.8 Å². The van der Waals surface area contributed by atoms with E-state index in [-0.39, 0.29) is 11.7 Å². The van der Waals surface area contributed by atoms with Crippen molar-refractivity contribution in [3.63, 3.8) is 0 Å². The van der Waals surface area contributed by atoms with Gasteiger partial charge in [-0.3, -0.25) is 9.36 Å². The zero-order chi connectivity index (χ0) is 22.6. The van der Waals surface area contributed by atoms with E-state index in [9.17, 15) is 4.79 Å². The summed E-state index contributed by atoms with van der Waals surface area (Å²) in [5, 5.41) is 13.4. The van der Waals surface area contributed by atoms with Gasteiger partial charge in [0.15, 0.2) is 11.0 Å². The molecule has 0 aliphatic carbocycles. The van der Waals surface area contributed by atoms with E-state index < -0.39 is 0 Å². The molecule has 3 heterocycles. The number of H-pyrrole nitrogens is 1. The van der Waals surface area contributed by atoms with Crippen LogP contribution in [0.4, 0.5) is 0 Å². The molecule has 0 fully saturated rings. The Morgan fingerprint density at radius 2 is 2.06 bits per heavy atom. The molecule has 0 spiro atoms. The summed E-state index contributed by atoms with van der Waals surface area (Å²) in [5.74, 6) is 2.17. The molecule has 0 atom stereocenters. The normalized spacial score (nSPS) is 11.1. The molecule has 0 bridgehead atoms.